The first kappa shape index (κ1) is 38.8. The minimum atomic E-state index is -2.34. The molecule has 8 heteroatoms. The van der Waals surface area contributed by atoms with E-state index in [1.165, 1.54) is 6.04 Å². The highest BCUT2D eigenvalue weighted by molar-refractivity contribution is 6.82. The summed E-state index contributed by atoms with van der Waals surface area (Å²) >= 11 is 0. The summed E-state index contributed by atoms with van der Waals surface area (Å²) in [5.41, 5.74) is 1.11. The van der Waals surface area contributed by atoms with Crippen molar-refractivity contribution in [2.24, 2.45) is 47.3 Å². The summed E-state index contributed by atoms with van der Waals surface area (Å²) in [5, 5.41) is 0. The molecule has 1 saturated heterocycles. The zero-order chi connectivity index (χ0) is 38.8. The number of likely N-dealkylation sites (tertiary alicyclic amines) is 1. The van der Waals surface area contributed by atoms with Crippen molar-refractivity contribution in [2.75, 3.05) is 6.61 Å². The molecule has 0 amide bonds. The second kappa shape index (κ2) is 15.0. The van der Waals surface area contributed by atoms with E-state index >= 15 is 8.78 Å². The van der Waals surface area contributed by atoms with Crippen molar-refractivity contribution >= 4 is 8.07 Å². The molecule has 12 atom stereocenters. The van der Waals surface area contributed by atoms with Gasteiger partial charge in [-0.1, -0.05) is 129 Å². The van der Waals surface area contributed by atoms with E-state index in [1.54, 1.807) is 0 Å². The molecule has 0 radical (unpaired) electrons. The standard InChI is InChI=1S/C47H56F5NOSi/c1-28-22-23-37-35(26-28)38-44(53(37)27-36-39(48)41(50)43(52)42(51)40(36)49)31-18-10-13-21-34(31)46(38)55(5,25-15-7-6-14-24-54-47(2,3)4)45-32-19-11-8-16-29(32)30-17-9-12-20-33(30)45/h8-13,16-23,26,29-35,37-38,44-46H,6-7,14-15,24-25,27H2,1-5H3. The van der Waals surface area contributed by atoms with Crippen molar-refractivity contribution in [3.8, 4) is 0 Å². The molecule has 294 valence electrons. The summed E-state index contributed by atoms with van der Waals surface area (Å²) in [6.07, 6.45) is 38.8. The average molecular weight is 774 g/mol. The number of rotatable bonds is 11. The third kappa shape index (κ3) is 6.70. The highest BCUT2D eigenvalue weighted by Crippen LogP contribution is 2.69. The van der Waals surface area contributed by atoms with E-state index < -0.39 is 42.7 Å². The number of halogens is 5. The zero-order valence-electron chi connectivity index (χ0n) is 32.8. The van der Waals surface area contributed by atoms with Crippen LogP contribution in [-0.2, 0) is 11.3 Å². The van der Waals surface area contributed by atoms with Crippen LogP contribution in [0.3, 0.4) is 0 Å². The van der Waals surface area contributed by atoms with Gasteiger partial charge in [-0.2, -0.15) is 0 Å². The number of hydrogen-bond donors (Lipinski definition) is 0. The first-order chi connectivity index (χ1) is 26.3. The maximum absolute atomic E-state index is 15.5. The number of hydrogen-bond acceptors (Lipinski definition) is 2. The SMILES string of the molecule is CC1=CC2C3C(C4C=CC=CC4C3[Si](C)(CCCCCCOC(C)(C)C)C3C4C=CC=CC4C4C=CC=CC43)N(Cc3c(F)c(F)c(F)c(F)c3F)C2C=C1. The van der Waals surface area contributed by atoms with E-state index in [0.29, 0.717) is 34.8 Å². The Hall–Kier alpha value is -3.07. The quantitative estimate of drug-likeness (QED) is 0.0730. The Bertz CT molecular complexity index is 1840. The van der Waals surface area contributed by atoms with Crippen molar-refractivity contribution in [2.45, 2.75) is 101 Å². The van der Waals surface area contributed by atoms with Crippen LogP contribution < -0.4 is 0 Å². The van der Waals surface area contributed by atoms with Gasteiger partial charge in [0.1, 0.15) is 0 Å². The summed E-state index contributed by atoms with van der Waals surface area (Å²) in [5.74, 6) is -7.06. The highest BCUT2D eigenvalue weighted by Gasteiger charge is 2.68. The van der Waals surface area contributed by atoms with Crippen LogP contribution in [0.4, 0.5) is 22.0 Å². The maximum Gasteiger partial charge on any atom is 0.200 e. The van der Waals surface area contributed by atoms with E-state index in [0.717, 1.165) is 37.9 Å². The van der Waals surface area contributed by atoms with Crippen molar-refractivity contribution in [3.05, 3.63) is 131 Å². The third-order valence-electron chi connectivity index (χ3n) is 14.5. The first-order valence-corrected chi connectivity index (χ1v) is 23.5. The molecule has 1 aliphatic heterocycles. The molecule has 55 heavy (non-hydrogen) atoms. The van der Waals surface area contributed by atoms with Crippen LogP contribution in [0, 0.1) is 76.4 Å². The van der Waals surface area contributed by atoms with Gasteiger partial charge in [-0.25, -0.2) is 22.0 Å². The van der Waals surface area contributed by atoms with Crippen molar-refractivity contribution in [1.82, 2.24) is 4.90 Å². The van der Waals surface area contributed by atoms with Gasteiger partial charge in [0.05, 0.1) is 13.7 Å². The van der Waals surface area contributed by atoms with Crippen LogP contribution in [0.25, 0.3) is 0 Å². The molecule has 2 nitrogen and oxygen atoms in total. The van der Waals surface area contributed by atoms with Gasteiger partial charge >= 0.3 is 0 Å². The van der Waals surface area contributed by atoms with Crippen molar-refractivity contribution < 1.29 is 26.7 Å². The minimum absolute atomic E-state index is 0.0617. The molecule has 8 rings (SSSR count). The van der Waals surface area contributed by atoms with Crippen molar-refractivity contribution in [1.29, 1.82) is 0 Å². The molecule has 1 aromatic carbocycles. The highest BCUT2D eigenvalue weighted by atomic mass is 28.3. The Morgan fingerprint density at radius 1 is 0.618 bits per heavy atom. The van der Waals surface area contributed by atoms with Crippen LogP contribution >= 0.6 is 0 Å². The van der Waals surface area contributed by atoms with Gasteiger partial charge < -0.3 is 4.74 Å². The summed E-state index contributed by atoms with van der Waals surface area (Å²) in [6, 6.07) is 0.851. The van der Waals surface area contributed by atoms with Gasteiger partial charge in [0.2, 0.25) is 5.82 Å². The molecule has 7 aliphatic rings. The summed E-state index contributed by atoms with van der Waals surface area (Å²) in [6.45, 7) is 11.5. The van der Waals surface area contributed by atoms with Gasteiger partial charge in [-0.05, 0) is 86.6 Å². The molecule has 0 N–H and O–H groups in total. The Balaban J connectivity index is 1.21. The van der Waals surface area contributed by atoms with Crippen LogP contribution in [0.5, 0.6) is 0 Å². The van der Waals surface area contributed by atoms with Crippen LogP contribution in [-0.4, -0.2) is 37.3 Å². The fraction of sp³-hybridized carbons (Fsp3) is 0.532. The monoisotopic (exact) mass is 773 g/mol. The smallest absolute Gasteiger partial charge is 0.200 e. The minimum Gasteiger partial charge on any atom is -0.376 e. The molecule has 2 saturated carbocycles. The van der Waals surface area contributed by atoms with E-state index in [4.69, 9.17) is 4.74 Å². The Labute approximate surface area is 325 Å². The van der Waals surface area contributed by atoms with E-state index in [9.17, 15) is 13.2 Å². The van der Waals surface area contributed by atoms with Crippen LogP contribution in [0.2, 0.25) is 23.7 Å². The van der Waals surface area contributed by atoms with Gasteiger partial charge in [-0.15, -0.1) is 0 Å². The zero-order valence-corrected chi connectivity index (χ0v) is 33.8. The summed E-state index contributed by atoms with van der Waals surface area (Å²) in [4.78, 5) is 2.12. The Kier molecular flexibility index (Phi) is 10.6. The number of allylic oxidation sites excluding steroid dienone is 13. The van der Waals surface area contributed by atoms with Gasteiger partial charge in [0.25, 0.3) is 0 Å². The maximum atomic E-state index is 15.5. The molecule has 0 bridgehead atoms. The first-order valence-electron chi connectivity index (χ1n) is 20.6. The molecule has 0 spiro atoms. The number of ether oxygens (including phenoxy) is 1. The fourth-order valence-corrected chi connectivity index (χ4v) is 19.6. The third-order valence-corrected chi connectivity index (χ3v) is 20.5. The Morgan fingerprint density at radius 3 is 1.71 bits per heavy atom. The second-order valence-electron chi connectivity index (χ2n) is 18.6. The number of fused-ring (bicyclic) bond motifs is 8. The molecule has 0 aromatic heterocycles. The predicted octanol–water partition coefficient (Wildman–Crippen LogP) is 12.0. The van der Waals surface area contributed by atoms with E-state index in [-0.39, 0.29) is 47.9 Å². The number of unbranched alkanes of at least 4 members (excludes halogenated alkanes) is 3. The van der Waals surface area contributed by atoms with Gasteiger partial charge in [0.15, 0.2) is 23.3 Å². The largest absolute Gasteiger partial charge is 0.376 e. The number of benzene rings is 1. The lowest BCUT2D eigenvalue weighted by atomic mass is 9.82. The number of nitrogens with zero attached hydrogens (tertiary/aromatic N) is 1. The molecule has 1 aromatic rings. The van der Waals surface area contributed by atoms with Crippen LogP contribution in [0.1, 0.15) is 58.9 Å². The molecule has 6 aliphatic carbocycles. The molecule has 3 fully saturated rings. The second-order valence-corrected chi connectivity index (χ2v) is 23.4. The van der Waals surface area contributed by atoms with Crippen molar-refractivity contribution in [3.63, 3.8) is 0 Å². The lowest BCUT2D eigenvalue weighted by Gasteiger charge is -2.49. The lowest BCUT2D eigenvalue weighted by Crippen LogP contribution is -2.50. The fourth-order valence-electron chi connectivity index (χ4n) is 12.5. The van der Waals surface area contributed by atoms with E-state index in [1.807, 2.05) is 0 Å². The average Bonchev–Trinajstić information content (AvgIpc) is 3.80. The summed E-state index contributed by atoms with van der Waals surface area (Å²) in [7, 11) is -2.34. The molecular formula is C47H56F5NOSi. The predicted molar refractivity (Wildman–Crippen MR) is 213 cm³/mol. The topological polar surface area (TPSA) is 12.5 Å². The molecular weight excluding hydrogens is 718 g/mol. The summed E-state index contributed by atoms with van der Waals surface area (Å²) < 4.78 is 80.7. The molecule has 1 heterocycles. The van der Waals surface area contributed by atoms with E-state index in [2.05, 4.69) is 130 Å². The lowest BCUT2D eigenvalue weighted by molar-refractivity contribution is -0.00471. The van der Waals surface area contributed by atoms with Gasteiger partial charge in [0, 0.05) is 36.7 Å². The van der Waals surface area contributed by atoms with Crippen LogP contribution in [0.15, 0.2) is 96.7 Å². The molecule has 12 unspecified atom stereocenters. The normalized spacial score (nSPS) is 36.4. The van der Waals surface area contributed by atoms with Gasteiger partial charge in [-0.3, -0.25) is 4.90 Å². The Morgan fingerprint density at radius 2 is 1.13 bits per heavy atom.